The summed E-state index contributed by atoms with van der Waals surface area (Å²) < 4.78 is 10.7. The summed E-state index contributed by atoms with van der Waals surface area (Å²) in [6, 6.07) is 24.1. The van der Waals surface area contributed by atoms with Crippen molar-refractivity contribution in [2.24, 2.45) is 0 Å². The monoisotopic (exact) mass is 616 g/mol. The van der Waals surface area contributed by atoms with Gasteiger partial charge in [-0.15, -0.1) is 0 Å². The Morgan fingerprint density at radius 1 is 0.565 bits per heavy atom. The first-order valence-corrected chi connectivity index (χ1v) is 15.4. The lowest BCUT2D eigenvalue weighted by molar-refractivity contribution is -0.130. The van der Waals surface area contributed by atoms with Crippen LogP contribution in [-0.4, -0.2) is 39.1 Å². The Morgan fingerprint density at radius 3 is 1.11 bits per heavy atom. The summed E-state index contributed by atoms with van der Waals surface area (Å²) in [5.74, 6) is 0.163. The molecule has 0 atom stereocenters. The lowest BCUT2D eigenvalue weighted by atomic mass is 9.94. The SMILES string of the molecule is C=C(C)C(=O)Oc1ccc(-c2c(C)cc(N(C)CCN(C)c3cc(C)c(-c4ccc(OC(=O)C(=C)C)cc4)c(C)c3)cc2C)cc1. The maximum absolute atomic E-state index is 11.9. The summed E-state index contributed by atoms with van der Waals surface area (Å²) in [6.45, 7) is 20.8. The highest BCUT2D eigenvalue weighted by Gasteiger charge is 2.14. The van der Waals surface area contributed by atoms with Gasteiger partial charge < -0.3 is 19.3 Å². The van der Waals surface area contributed by atoms with Crippen molar-refractivity contribution in [3.8, 4) is 33.8 Å². The summed E-state index contributed by atoms with van der Waals surface area (Å²) in [4.78, 5) is 28.3. The van der Waals surface area contributed by atoms with Crippen molar-refractivity contribution in [1.82, 2.24) is 0 Å². The van der Waals surface area contributed by atoms with Crippen molar-refractivity contribution in [3.63, 3.8) is 0 Å². The van der Waals surface area contributed by atoms with Crippen molar-refractivity contribution in [2.75, 3.05) is 37.0 Å². The molecule has 0 N–H and O–H groups in total. The maximum atomic E-state index is 11.9. The molecule has 6 nitrogen and oxygen atoms in total. The van der Waals surface area contributed by atoms with Crippen LogP contribution in [0.25, 0.3) is 22.3 Å². The van der Waals surface area contributed by atoms with Crippen LogP contribution >= 0.6 is 0 Å². The molecule has 0 unspecified atom stereocenters. The van der Waals surface area contributed by atoms with Gasteiger partial charge in [-0.05, 0) is 135 Å². The molecule has 4 aromatic carbocycles. The zero-order chi connectivity index (χ0) is 33.7. The minimum atomic E-state index is -0.423. The molecular formula is C40H44N2O4. The molecule has 0 saturated heterocycles. The van der Waals surface area contributed by atoms with Crippen LogP contribution < -0.4 is 19.3 Å². The first-order valence-electron chi connectivity index (χ1n) is 15.4. The number of aryl methyl sites for hydroxylation is 4. The van der Waals surface area contributed by atoms with Gasteiger partial charge in [-0.3, -0.25) is 0 Å². The van der Waals surface area contributed by atoms with Crippen molar-refractivity contribution in [3.05, 3.63) is 119 Å². The van der Waals surface area contributed by atoms with E-state index < -0.39 is 11.9 Å². The standard InChI is InChI=1S/C40H44N2O4/c1-25(2)39(43)45-35-15-11-31(12-16-35)37-27(5)21-33(22-28(37)6)41(9)19-20-42(10)34-23-29(7)38(30(8)24-34)32-13-17-36(18-14-32)46-40(44)26(3)4/h11-18,21-24H,1,3,19-20H2,2,4-10H3. The van der Waals surface area contributed by atoms with Gasteiger partial charge in [0.15, 0.2) is 0 Å². The summed E-state index contributed by atoms with van der Waals surface area (Å²) in [5.41, 5.74) is 12.3. The third-order valence-corrected chi connectivity index (χ3v) is 8.09. The van der Waals surface area contributed by atoms with Gasteiger partial charge >= 0.3 is 11.9 Å². The van der Waals surface area contributed by atoms with Gasteiger partial charge in [-0.25, -0.2) is 9.59 Å². The topological polar surface area (TPSA) is 59.1 Å². The van der Waals surface area contributed by atoms with Gasteiger partial charge in [0.25, 0.3) is 0 Å². The average molecular weight is 617 g/mol. The molecule has 0 amide bonds. The van der Waals surface area contributed by atoms with Crippen LogP contribution in [0.3, 0.4) is 0 Å². The molecule has 0 bridgehead atoms. The molecule has 0 spiro atoms. The molecule has 4 rings (SSSR count). The summed E-state index contributed by atoms with van der Waals surface area (Å²) in [6.07, 6.45) is 0. The van der Waals surface area contributed by atoms with Crippen LogP contribution in [0.5, 0.6) is 11.5 Å². The molecule has 0 heterocycles. The number of carbonyl (C=O) groups is 2. The second-order valence-electron chi connectivity index (χ2n) is 12.1. The second-order valence-corrected chi connectivity index (χ2v) is 12.1. The van der Waals surface area contributed by atoms with Crippen molar-refractivity contribution in [2.45, 2.75) is 41.5 Å². The minimum absolute atomic E-state index is 0.370. The zero-order valence-corrected chi connectivity index (χ0v) is 28.3. The van der Waals surface area contributed by atoms with Gasteiger partial charge in [0.1, 0.15) is 11.5 Å². The van der Waals surface area contributed by atoms with Crippen LogP contribution in [-0.2, 0) is 9.59 Å². The highest BCUT2D eigenvalue weighted by molar-refractivity contribution is 5.89. The smallest absolute Gasteiger partial charge is 0.338 e. The summed E-state index contributed by atoms with van der Waals surface area (Å²) >= 11 is 0. The Kier molecular flexibility index (Phi) is 10.5. The quantitative estimate of drug-likeness (QED) is 0.0954. The summed E-state index contributed by atoms with van der Waals surface area (Å²) in [7, 11) is 4.26. The predicted molar refractivity (Wildman–Crippen MR) is 190 cm³/mol. The molecule has 0 aliphatic rings. The fourth-order valence-electron chi connectivity index (χ4n) is 5.56. The molecule has 0 saturated carbocycles. The van der Waals surface area contributed by atoms with Crippen LogP contribution in [0.4, 0.5) is 11.4 Å². The Balaban J connectivity index is 1.42. The molecular weight excluding hydrogens is 572 g/mol. The highest BCUT2D eigenvalue weighted by atomic mass is 16.5. The Labute approximate surface area is 273 Å². The average Bonchev–Trinajstić information content (AvgIpc) is 3.00. The Morgan fingerprint density at radius 2 is 0.848 bits per heavy atom. The molecule has 238 valence electrons. The highest BCUT2D eigenvalue weighted by Crippen LogP contribution is 2.34. The largest absolute Gasteiger partial charge is 0.423 e. The number of ether oxygens (including phenoxy) is 2. The molecule has 46 heavy (non-hydrogen) atoms. The molecule has 0 aromatic heterocycles. The Hall–Kier alpha value is -5.10. The van der Waals surface area contributed by atoms with Gasteiger partial charge in [0.2, 0.25) is 0 Å². The van der Waals surface area contributed by atoms with Crippen molar-refractivity contribution >= 4 is 23.3 Å². The molecule has 0 radical (unpaired) electrons. The Bertz CT molecular complexity index is 1610. The number of esters is 2. The van der Waals surface area contributed by atoms with E-state index >= 15 is 0 Å². The number of carbonyl (C=O) groups excluding carboxylic acids is 2. The van der Waals surface area contributed by atoms with E-state index in [0.717, 1.165) is 24.2 Å². The van der Waals surface area contributed by atoms with Gasteiger partial charge in [0.05, 0.1) is 0 Å². The number of rotatable bonds is 11. The number of benzene rings is 4. The zero-order valence-electron chi connectivity index (χ0n) is 28.3. The van der Waals surface area contributed by atoms with Crippen LogP contribution in [0, 0.1) is 27.7 Å². The molecule has 4 aromatic rings. The van der Waals surface area contributed by atoms with Crippen LogP contribution in [0.15, 0.2) is 97.1 Å². The molecule has 6 heteroatoms. The van der Waals surface area contributed by atoms with Crippen molar-refractivity contribution < 1.29 is 19.1 Å². The van der Waals surface area contributed by atoms with E-state index in [1.54, 1.807) is 13.8 Å². The fraction of sp³-hybridized carbons (Fsp3) is 0.250. The predicted octanol–water partition coefficient (Wildman–Crippen LogP) is 8.79. The van der Waals surface area contributed by atoms with Crippen molar-refractivity contribution in [1.29, 1.82) is 0 Å². The summed E-state index contributed by atoms with van der Waals surface area (Å²) in [5, 5.41) is 0. The normalized spacial score (nSPS) is 10.7. The lowest BCUT2D eigenvalue weighted by Gasteiger charge is -2.27. The third-order valence-electron chi connectivity index (χ3n) is 8.09. The van der Waals surface area contributed by atoms with Gasteiger partial charge in [-0.2, -0.15) is 0 Å². The first-order chi connectivity index (χ1) is 21.7. The number of likely N-dealkylation sites (N-methyl/N-ethyl adjacent to an activating group) is 2. The maximum Gasteiger partial charge on any atom is 0.338 e. The minimum Gasteiger partial charge on any atom is -0.423 e. The van der Waals surface area contributed by atoms with E-state index in [-0.39, 0.29) is 0 Å². The van der Waals surface area contributed by atoms with Crippen LogP contribution in [0.2, 0.25) is 0 Å². The lowest BCUT2D eigenvalue weighted by Crippen LogP contribution is -2.30. The molecule has 0 aliphatic carbocycles. The number of hydrogen-bond acceptors (Lipinski definition) is 6. The van der Waals surface area contributed by atoms with Crippen LogP contribution in [0.1, 0.15) is 36.1 Å². The molecule has 0 aliphatic heterocycles. The second kappa shape index (κ2) is 14.3. The number of hydrogen-bond donors (Lipinski definition) is 0. The number of anilines is 2. The van der Waals surface area contributed by atoms with E-state index in [0.29, 0.717) is 22.6 Å². The molecule has 0 fully saturated rings. The van der Waals surface area contributed by atoms with E-state index in [1.807, 2.05) is 48.5 Å². The van der Waals surface area contributed by atoms with Gasteiger partial charge in [0, 0.05) is 49.7 Å². The van der Waals surface area contributed by atoms with E-state index in [1.165, 1.54) is 44.8 Å². The van der Waals surface area contributed by atoms with E-state index in [9.17, 15) is 9.59 Å². The van der Waals surface area contributed by atoms with Gasteiger partial charge in [-0.1, -0.05) is 37.4 Å². The third kappa shape index (κ3) is 7.94. The fourth-order valence-corrected chi connectivity index (χ4v) is 5.56. The van der Waals surface area contributed by atoms with E-state index in [2.05, 4.69) is 89.0 Å². The van der Waals surface area contributed by atoms with E-state index in [4.69, 9.17) is 9.47 Å². The first kappa shape index (κ1) is 33.8. The number of nitrogens with zero attached hydrogens (tertiary/aromatic N) is 2.